The van der Waals surface area contributed by atoms with Crippen LogP contribution in [0, 0.1) is 0 Å². The van der Waals surface area contributed by atoms with E-state index >= 15 is 0 Å². The Hall–Kier alpha value is -0.0900. The molecule has 1 aromatic heterocycles. The van der Waals surface area contributed by atoms with Gasteiger partial charge in [0.1, 0.15) is 0 Å². The molecule has 1 saturated heterocycles. The molecule has 1 fully saturated rings. The summed E-state index contributed by atoms with van der Waals surface area (Å²) < 4.78 is 2.71. The molecule has 0 radical (unpaired) electrons. The first-order valence-electron chi connectivity index (χ1n) is 10.5. The summed E-state index contributed by atoms with van der Waals surface area (Å²) in [5, 5.41) is 0.837. The molecule has 2 rings (SSSR count). The number of thioether (sulfide) groups is 2. The Morgan fingerprint density at radius 2 is 1.76 bits per heavy atom. The molecule has 4 heteroatoms. The zero-order chi connectivity index (χ0) is 17.8. The zero-order valence-corrected chi connectivity index (χ0v) is 18.1. The lowest BCUT2D eigenvalue weighted by atomic mass is 10.0. The third-order valence-corrected chi connectivity index (χ3v) is 8.74. The Balaban J connectivity index is 1.67. The number of hydrogen-bond donors (Lipinski definition) is 0. The van der Waals surface area contributed by atoms with Crippen LogP contribution in [0.2, 0.25) is 0 Å². The maximum absolute atomic E-state index is 4.17. The van der Waals surface area contributed by atoms with Crippen LogP contribution in [0.15, 0.2) is 18.7 Å². The first-order chi connectivity index (χ1) is 12.2. The summed E-state index contributed by atoms with van der Waals surface area (Å²) in [5.74, 6) is 1.36. The summed E-state index contributed by atoms with van der Waals surface area (Å²) in [4.78, 5) is 4.17. The zero-order valence-electron chi connectivity index (χ0n) is 16.4. The standard InChI is InChI=1S/C21H38N2S2/c1-3-4-5-6-7-8-9-10-13-21(24-18-12-20(2)25-21)14-11-16-23-17-15-22-19-23/h15,17,19-20H,3-14,16,18H2,1-2H3. The Morgan fingerprint density at radius 3 is 2.44 bits per heavy atom. The fourth-order valence-corrected chi connectivity index (χ4v) is 7.81. The summed E-state index contributed by atoms with van der Waals surface area (Å²) >= 11 is 4.55. The van der Waals surface area contributed by atoms with E-state index in [1.807, 2.05) is 12.5 Å². The molecular formula is C21H38N2S2. The minimum absolute atomic E-state index is 0.487. The summed E-state index contributed by atoms with van der Waals surface area (Å²) in [6.07, 6.45) is 22.8. The first-order valence-corrected chi connectivity index (χ1v) is 12.4. The monoisotopic (exact) mass is 382 g/mol. The van der Waals surface area contributed by atoms with Gasteiger partial charge in [0.25, 0.3) is 0 Å². The van der Waals surface area contributed by atoms with Crippen LogP contribution in [0.4, 0.5) is 0 Å². The van der Waals surface area contributed by atoms with Gasteiger partial charge >= 0.3 is 0 Å². The Morgan fingerprint density at radius 1 is 1.04 bits per heavy atom. The van der Waals surface area contributed by atoms with Gasteiger partial charge in [-0.2, -0.15) is 0 Å². The molecule has 2 nitrogen and oxygen atoms in total. The molecular weight excluding hydrogens is 344 g/mol. The van der Waals surface area contributed by atoms with Crippen LogP contribution in [0.3, 0.4) is 0 Å². The van der Waals surface area contributed by atoms with Gasteiger partial charge in [-0.3, -0.25) is 0 Å². The normalized spacial score (nSPS) is 23.8. The van der Waals surface area contributed by atoms with Gasteiger partial charge in [-0.15, -0.1) is 23.5 Å². The summed E-state index contributed by atoms with van der Waals surface area (Å²) in [5.41, 5.74) is 0. The van der Waals surface area contributed by atoms with E-state index in [2.05, 4.69) is 53.1 Å². The van der Waals surface area contributed by atoms with Crippen LogP contribution >= 0.6 is 23.5 Å². The molecule has 0 spiro atoms. The van der Waals surface area contributed by atoms with E-state index in [0.29, 0.717) is 4.08 Å². The highest BCUT2D eigenvalue weighted by atomic mass is 32.2. The van der Waals surface area contributed by atoms with Gasteiger partial charge in [-0.25, -0.2) is 4.98 Å². The minimum atomic E-state index is 0.487. The van der Waals surface area contributed by atoms with Gasteiger partial charge in [-0.05, 0) is 31.4 Å². The molecule has 1 aromatic rings. The quantitative estimate of drug-likeness (QED) is 0.337. The van der Waals surface area contributed by atoms with Gasteiger partial charge in [0, 0.05) is 24.2 Å². The second-order valence-corrected chi connectivity index (χ2v) is 11.2. The molecule has 1 aliphatic rings. The van der Waals surface area contributed by atoms with Crippen molar-refractivity contribution in [2.45, 2.75) is 107 Å². The van der Waals surface area contributed by atoms with Gasteiger partial charge in [0.15, 0.2) is 0 Å². The fraction of sp³-hybridized carbons (Fsp3) is 0.857. The Labute approximate surface area is 164 Å². The van der Waals surface area contributed by atoms with Crippen molar-refractivity contribution in [1.29, 1.82) is 0 Å². The molecule has 0 aliphatic carbocycles. The van der Waals surface area contributed by atoms with E-state index in [0.717, 1.165) is 11.8 Å². The molecule has 0 amide bonds. The van der Waals surface area contributed by atoms with E-state index in [9.17, 15) is 0 Å². The topological polar surface area (TPSA) is 17.8 Å². The van der Waals surface area contributed by atoms with Crippen LogP contribution < -0.4 is 0 Å². The SMILES string of the molecule is CCCCCCCCCCC1(CCCn2ccnc2)SCCC(C)S1. The third kappa shape index (κ3) is 8.43. The average molecular weight is 383 g/mol. The lowest BCUT2D eigenvalue weighted by molar-refractivity contribution is 0.516. The van der Waals surface area contributed by atoms with Gasteiger partial charge in [0.2, 0.25) is 0 Å². The largest absolute Gasteiger partial charge is 0.337 e. The van der Waals surface area contributed by atoms with Crippen LogP contribution in [-0.2, 0) is 6.54 Å². The fourth-order valence-electron chi connectivity index (χ4n) is 3.74. The molecule has 0 saturated carbocycles. The molecule has 0 bridgehead atoms. The smallest absolute Gasteiger partial charge is 0.0945 e. The lowest BCUT2D eigenvalue weighted by Crippen LogP contribution is -2.29. The van der Waals surface area contributed by atoms with Crippen molar-refractivity contribution in [3.63, 3.8) is 0 Å². The van der Waals surface area contributed by atoms with Crippen LogP contribution in [-0.4, -0.2) is 24.6 Å². The molecule has 144 valence electrons. The average Bonchev–Trinajstić information content (AvgIpc) is 3.11. The maximum atomic E-state index is 4.17. The predicted octanol–water partition coefficient (Wildman–Crippen LogP) is 7.15. The third-order valence-electron chi connectivity index (χ3n) is 5.25. The predicted molar refractivity (Wildman–Crippen MR) is 116 cm³/mol. The van der Waals surface area contributed by atoms with Crippen molar-refractivity contribution >= 4 is 23.5 Å². The number of rotatable bonds is 13. The number of hydrogen-bond acceptors (Lipinski definition) is 3. The van der Waals surface area contributed by atoms with Gasteiger partial charge in [0.05, 0.1) is 10.4 Å². The van der Waals surface area contributed by atoms with Gasteiger partial charge in [-0.1, -0.05) is 65.2 Å². The maximum Gasteiger partial charge on any atom is 0.0945 e. The van der Waals surface area contributed by atoms with Crippen LogP contribution in [0.5, 0.6) is 0 Å². The molecule has 1 aliphatic heterocycles. The van der Waals surface area contributed by atoms with Crippen molar-refractivity contribution < 1.29 is 0 Å². The summed E-state index contributed by atoms with van der Waals surface area (Å²) in [6.45, 7) is 5.85. The number of aromatic nitrogens is 2. The molecule has 0 N–H and O–H groups in total. The summed E-state index contributed by atoms with van der Waals surface area (Å²) in [6, 6.07) is 0. The van der Waals surface area contributed by atoms with E-state index in [1.165, 1.54) is 82.8 Å². The number of imidazole rings is 1. The molecule has 2 unspecified atom stereocenters. The van der Waals surface area contributed by atoms with Crippen molar-refractivity contribution in [2.24, 2.45) is 0 Å². The van der Waals surface area contributed by atoms with E-state index in [1.54, 1.807) is 0 Å². The lowest BCUT2D eigenvalue weighted by Gasteiger charge is -2.39. The molecule has 0 aromatic carbocycles. The highest BCUT2D eigenvalue weighted by molar-refractivity contribution is 8.19. The highest BCUT2D eigenvalue weighted by Crippen LogP contribution is 2.51. The highest BCUT2D eigenvalue weighted by Gasteiger charge is 2.35. The van der Waals surface area contributed by atoms with Crippen molar-refractivity contribution in [3.05, 3.63) is 18.7 Å². The summed E-state index contributed by atoms with van der Waals surface area (Å²) in [7, 11) is 0. The van der Waals surface area contributed by atoms with Crippen LogP contribution in [0.25, 0.3) is 0 Å². The van der Waals surface area contributed by atoms with Crippen molar-refractivity contribution in [2.75, 3.05) is 5.75 Å². The second kappa shape index (κ2) is 12.3. The van der Waals surface area contributed by atoms with Crippen LogP contribution in [0.1, 0.15) is 90.9 Å². The van der Waals surface area contributed by atoms with Gasteiger partial charge < -0.3 is 4.57 Å². The molecule has 2 atom stereocenters. The number of aryl methyl sites for hydroxylation is 1. The molecule has 2 heterocycles. The minimum Gasteiger partial charge on any atom is -0.337 e. The first kappa shape index (κ1) is 21.2. The van der Waals surface area contributed by atoms with E-state index in [4.69, 9.17) is 0 Å². The second-order valence-electron chi connectivity index (χ2n) is 7.61. The van der Waals surface area contributed by atoms with E-state index in [-0.39, 0.29) is 0 Å². The van der Waals surface area contributed by atoms with Crippen molar-refractivity contribution in [1.82, 2.24) is 9.55 Å². The Bertz CT molecular complexity index is 435. The van der Waals surface area contributed by atoms with Crippen molar-refractivity contribution in [3.8, 4) is 0 Å². The number of nitrogens with zero attached hydrogens (tertiary/aromatic N) is 2. The molecule has 25 heavy (non-hydrogen) atoms. The van der Waals surface area contributed by atoms with E-state index < -0.39 is 0 Å². The number of unbranched alkanes of at least 4 members (excludes halogenated alkanes) is 7. The Kier molecular flexibility index (Phi) is 10.5.